The molecule has 2 rings (SSSR count). The number of rotatable bonds is 1. The van der Waals surface area contributed by atoms with Gasteiger partial charge in [0.1, 0.15) is 0 Å². The van der Waals surface area contributed by atoms with Crippen LogP contribution in [0.2, 0.25) is 0 Å². The molecule has 1 atom stereocenters. The predicted molar refractivity (Wildman–Crippen MR) is 53.3 cm³/mol. The molecule has 0 heterocycles. The first-order chi connectivity index (χ1) is 5.81. The molecule has 0 radical (unpaired) electrons. The molecule has 1 aliphatic carbocycles. The molecule has 1 unspecified atom stereocenters. The average molecular weight is 158 g/mol. The Morgan fingerprint density at radius 2 is 2.17 bits per heavy atom. The first-order valence-corrected chi connectivity index (χ1v) is 4.62. The van der Waals surface area contributed by atoms with Gasteiger partial charge in [-0.2, -0.15) is 0 Å². The zero-order valence-electron chi connectivity index (χ0n) is 7.67. The zero-order valence-corrected chi connectivity index (χ0v) is 7.67. The van der Waals surface area contributed by atoms with Crippen molar-refractivity contribution >= 4 is 6.08 Å². The van der Waals surface area contributed by atoms with E-state index in [-0.39, 0.29) is 0 Å². The van der Waals surface area contributed by atoms with Gasteiger partial charge >= 0.3 is 0 Å². The van der Waals surface area contributed by atoms with Gasteiger partial charge in [-0.1, -0.05) is 44.2 Å². The minimum atomic E-state index is 0.617. The van der Waals surface area contributed by atoms with Gasteiger partial charge in [0.2, 0.25) is 0 Å². The van der Waals surface area contributed by atoms with Gasteiger partial charge < -0.3 is 0 Å². The Bertz CT molecular complexity index is 321. The Morgan fingerprint density at radius 3 is 2.92 bits per heavy atom. The van der Waals surface area contributed by atoms with Crippen molar-refractivity contribution in [2.75, 3.05) is 0 Å². The highest BCUT2D eigenvalue weighted by molar-refractivity contribution is 5.62. The Kier molecular flexibility index (Phi) is 1.76. The highest BCUT2D eigenvalue weighted by Crippen LogP contribution is 2.29. The molecule has 0 aromatic heterocycles. The van der Waals surface area contributed by atoms with Crippen LogP contribution in [-0.2, 0) is 6.42 Å². The molecule has 0 fully saturated rings. The van der Waals surface area contributed by atoms with Crippen LogP contribution >= 0.6 is 0 Å². The summed E-state index contributed by atoms with van der Waals surface area (Å²) in [6.45, 7) is 4.44. The van der Waals surface area contributed by atoms with Crippen molar-refractivity contribution in [3.8, 4) is 0 Å². The van der Waals surface area contributed by atoms with Crippen molar-refractivity contribution in [2.24, 2.45) is 0 Å². The summed E-state index contributed by atoms with van der Waals surface area (Å²) in [5.41, 5.74) is 4.33. The van der Waals surface area contributed by atoms with Gasteiger partial charge in [-0.15, -0.1) is 0 Å². The smallest absolute Gasteiger partial charge is 0.000117 e. The standard InChI is InChI=1S/C12H14/c1-3-10-5-7-12-9(2)4-6-11(12)8-10/h4-9H,3H2,1-2H3. The summed E-state index contributed by atoms with van der Waals surface area (Å²) in [6.07, 6.45) is 5.64. The first-order valence-electron chi connectivity index (χ1n) is 4.62. The molecule has 0 amide bonds. The maximum absolute atomic E-state index is 2.30. The first kappa shape index (κ1) is 7.60. The van der Waals surface area contributed by atoms with Gasteiger partial charge in [-0.25, -0.2) is 0 Å². The molecule has 0 aliphatic heterocycles. The lowest BCUT2D eigenvalue weighted by Gasteiger charge is -2.05. The summed E-state index contributed by atoms with van der Waals surface area (Å²) in [7, 11) is 0. The van der Waals surface area contributed by atoms with E-state index in [0.29, 0.717) is 5.92 Å². The van der Waals surface area contributed by atoms with Crippen molar-refractivity contribution in [3.63, 3.8) is 0 Å². The molecule has 1 aromatic carbocycles. The molecule has 0 N–H and O–H groups in total. The van der Waals surface area contributed by atoms with Gasteiger partial charge in [0, 0.05) is 0 Å². The molecule has 0 heteroatoms. The third-order valence-electron chi connectivity index (χ3n) is 2.61. The Morgan fingerprint density at radius 1 is 1.33 bits per heavy atom. The van der Waals surface area contributed by atoms with E-state index in [2.05, 4.69) is 44.2 Å². The second-order valence-electron chi connectivity index (χ2n) is 3.46. The molecule has 0 saturated heterocycles. The van der Waals surface area contributed by atoms with Crippen LogP contribution in [0.3, 0.4) is 0 Å². The number of hydrogen-bond acceptors (Lipinski definition) is 0. The highest BCUT2D eigenvalue weighted by atomic mass is 14.2. The van der Waals surface area contributed by atoms with E-state index >= 15 is 0 Å². The van der Waals surface area contributed by atoms with Gasteiger partial charge in [0.25, 0.3) is 0 Å². The van der Waals surface area contributed by atoms with E-state index in [1.165, 1.54) is 16.7 Å². The lowest BCUT2D eigenvalue weighted by atomic mass is 10.00. The fraction of sp³-hybridized carbons (Fsp3) is 0.333. The summed E-state index contributed by atoms with van der Waals surface area (Å²) < 4.78 is 0. The Labute approximate surface area is 73.9 Å². The van der Waals surface area contributed by atoms with Crippen molar-refractivity contribution in [3.05, 3.63) is 41.0 Å². The summed E-state index contributed by atoms with van der Waals surface area (Å²) in [4.78, 5) is 0. The third kappa shape index (κ3) is 1.08. The highest BCUT2D eigenvalue weighted by Gasteiger charge is 2.11. The summed E-state index contributed by atoms with van der Waals surface area (Å²) in [5.74, 6) is 0.617. The van der Waals surface area contributed by atoms with Crippen LogP contribution in [0.15, 0.2) is 24.3 Å². The molecule has 1 aliphatic rings. The monoisotopic (exact) mass is 158 g/mol. The summed E-state index contributed by atoms with van der Waals surface area (Å²) in [5, 5.41) is 0. The van der Waals surface area contributed by atoms with E-state index in [9.17, 15) is 0 Å². The van der Waals surface area contributed by atoms with Crippen LogP contribution in [0.1, 0.15) is 36.5 Å². The number of fused-ring (bicyclic) bond motifs is 1. The van der Waals surface area contributed by atoms with Crippen LogP contribution in [0, 0.1) is 0 Å². The van der Waals surface area contributed by atoms with Gasteiger partial charge in [-0.3, -0.25) is 0 Å². The molecular formula is C12H14. The van der Waals surface area contributed by atoms with E-state index in [0.717, 1.165) is 6.42 Å². The zero-order chi connectivity index (χ0) is 8.55. The number of hydrogen-bond donors (Lipinski definition) is 0. The Hall–Kier alpha value is -1.04. The van der Waals surface area contributed by atoms with Crippen LogP contribution in [0.4, 0.5) is 0 Å². The maximum Gasteiger partial charge on any atom is -0.000117 e. The van der Waals surface area contributed by atoms with Crippen LogP contribution in [0.25, 0.3) is 6.08 Å². The molecule has 62 valence electrons. The SMILES string of the molecule is CCc1ccc2c(c1)C=CC2C. The number of aryl methyl sites for hydroxylation is 1. The van der Waals surface area contributed by atoms with Crippen LogP contribution < -0.4 is 0 Å². The quantitative estimate of drug-likeness (QED) is 0.587. The second kappa shape index (κ2) is 2.78. The number of allylic oxidation sites excluding steroid dienone is 1. The molecular weight excluding hydrogens is 144 g/mol. The summed E-state index contributed by atoms with van der Waals surface area (Å²) in [6, 6.07) is 6.80. The van der Waals surface area contributed by atoms with Crippen molar-refractivity contribution in [1.29, 1.82) is 0 Å². The predicted octanol–water partition coefficient (Wildman–Crippen LogP) is 3.38. The molecule has 0 nitrogen and oxygen atoms in total. The molecule has 0 bridgehead atoms. The van der Waals surface area contributed by atoms with Crippen LogP contribution in [0.5, 0.6) is 0 Å². The fourth-order valence-corrected chi connectivity index (χ4v) is 1.75. The lowest BCUT2D eigenvalue weighted by Crippen LogP contribution is -1.88. The van der Waals surface area contributed by atoms with Crippen LogP contribution in [-0.4, -0.2) is 0 Å². The average Bonchev–Trinajstić information content (AvgIpc) is 2.47. The summed E-state index contributed by atoms with van der Waals surface area (Å²) >= 11 is 0. The van der Waals surface area contributed by atoms with E-state index < -0.39 is 0 Å². The topological polar surface area (TPSA) is 0 Å². The van der Waals surface area contributed by atoms with Crippen molar-refractivity contribution < 1.29 is 0 Å². The molecule has 0 spiro atoms. The lowest BCUT2D eigenvalue weighted by molar-refractivity contribution is 0.985. The van der Waals surface area contributed by atoms with Gasteiger partial charge in [0.05, 0.1) is 0 Å². The Balaban J connectivity index is 2.47. The van der Waals surface area contributed by atoms with Crippen molar-refractivity contribution in [1.82, 2.24) is 0 Å². The molecule has 12 heavy (non-hydrogen) atoms. The van der Waals surface area contributed by atoms with Gasteiger partial charge in [-0.05, 0) is 29.0 Å². The van der Waals surface area contributed by atoms with E-state index in [1.54, 1.807) is 0 Å². The molecule has 1 aromatic rings. The maximum atomic E-state index is 2.30. The minimum Gasteiger partial charge on any atom is -0.0767 e. The number of benzene rings is 1. The van der Waals surface area contributed by atoms with E-state index in [1.807, 2.05) is 0 Å². The fourth-order valence-electron chi connectivity index (χ4n) is 1.75. The molecule has 0 saturated carbocycles. The third-order valence-corrected chi connectivity index (χ3v) is 2.61. The minimum absolute atomic E-state index is 0.617. The normalized spacial score (nSPS) is 19.7. The largest absolute Gasteiger partial charge is 0.0767 e. The van der Waals surface area contributed by atoms with E-state index in [4.69, 9.17) is 0 Å². The van der Waals surface area contributed by atoms with Crippen molar-refractivity contribution in [2.45, 2.75) is 26.2 Å². The second-order valence-corrected chi connectivity index (χ2v) is 3.46. The van der Waals surface area contributed by atoms with Gasteiger partial charge in [0.15, 0.2) is 0 Å².